The Bertz CT molecular complexity index is 701. The van der Waals surface area contributed by atoms with Crippen LogP contribution >= 0.6 is 0 Å². The van der Waals surface area contributed by atoms with Gasteiger partial charge < -0.3 is 31.2 Å². The zero-order valence-electron chi connectivity index (χ0n) is 18.1. The zero-order chi connectivity index (χ0) is 27.3. The minimum atomic E-state index is -6.50. The molecule has 0 aromatic heterocycles. The summed E-state index contributed by atoms with van der Waals surface area (Å²) in [6, 6.07) is 0. The van der Waals surface area contributed by atoms with Crippen LogP contribution in [0.4, 0.5) is 35.1 Å². The summed E-state index contributed by atoms with van der Waals surface area (Å²) in [4.78, 5) is 33.1. The van der Waals surface area contributed by atoms with E-state index < -0.39 is 68.5 Å². The lowest BCUT2D eigenvalue weighted by molar-refractivity contribution is -0.499. The fourth-order valence-corrected chi connectivity index (χ4v) is 1.80. The first-order chi connectivity index (χ1) is 16.0. The number of halogens is 8. The van der Waals surface area contributed by atoms with Gasteiger partial charge in [0, 0.05) is 33.1 Å². The highest BCUT2D eigenvalue weighted by Crippen LogP contribution is 2.43. The van der Waals surface area contributed by atoms with Crippen molar-refractivity contribution in [3.05, 3.63) is 0 Å². The van der Waals surface area contributed by atoms with Crippen LogP contribution in [0.15, 0.2) is 0 Å². The van der Waals surface area contributed by atoms with E-state index in [1.165, 1.54) is 17.6 Å². The molecule has 0 heterocycles. The molecule has 35 heavy (non-hydrogen) atoms. The Balaban J connectivity index is 4.82. The Morgan fingerprint density at radius 1 is 0.657 bits per heavy atom. The molecule has 0 spiro atoms. The normalized spacial score (nSPS) is 12.9. The Morgan fingerprint density at radius 3 is 1.34 bits per heavy atom. The number of ether oxygens (including phenoxy) is 4. The average molecular weight is 536 g/mol. The Labute approximate surface area is 192 Å². The van der Waals surface area contributed by atoms with E-state index in [2.05, 4.69) is 19.5 Å². The smallest absolute Gasteiger partial charge is 0.378 e. The highest BCUT2D eigenvalue weighted by atomic mass is 19.3. The van der Waals surface area contributed by atoms with Gasteiger partial charge in [0.1, 0.15) is 0 Å². The monoisotopic (exact) mass is 536 g/mol. The maximum absolute atomic E-state index is 13.5. The molecule has 11 nitrogen and oxygen atoms in total. The maximum Gasteiger partial charge on any atom is 0.453 e. The summed E-state index contributed by atoms with van der Waals surface area (Å²) in [5.74, 6) is -5.65. The number of rotatable bonds is 18. The van der Waals surface area contributed by atoms with Crippen molar-refractivity contribution in [1.82, 2.24) is 16.0 Å². The minimum absolute atomic E-state index is 0.0224. The zero-order valence-corrected chi connectivity index (χ0v) is 18.1. The van der Waals surface area contributed by atoms with Crippen molar-refractivity contribution in [2.75, 3.05) is 52.6 Å². The van der Waals surface area contributed by atoms with Crippen molar-refractivity contribution in [3.63, 3.8) is 0 Å². The predicted octanol–water partition coefficient (Wildman–Crippen LogP) is -0.249. The van der Waals surface area contributed by atoms with E-state index in [1.54, 1.807) is 0 Å². The molecule has 0 aliphatic carbocycles. The van der Waals surface area contributed by atoms with Gasteiger partial charge in [-0.05, 0) is 0 Å². The summed E-state index contributed by atoms with van der Waals surface area (Å²) in [5.41, 5.74) is 5.05. The molecular formula is C16H24F8N4O7. The summed E-state index contributed by atoms with van der Waals surface area (Å²) < 4.78 is 123. The molecule has 0 unspecified atom stereocenters. The molecule has 0 aromatic rings. The number of nitrogens with one attached hydrogen (secondary N) is 3. The quantitative estimate of drug-likeness (QED) is 0.138. The number of alkyl halides is 8. The SMILES string of the molecule is CC(=O)NCCOCCNC(=O)C(F)(F)OC(F)(F)C(F)(F)OC(F)(F)C(=O)NCCOCCN. The first kappa shape index (κ1) is 32.7. The van der Waals surface area contributed by atoms with E-state index in [0.717, 1.165) is 0 Å². The summed E-state index contributed by atoms with van der Waals surface area (Å²) in [6.45, 7) is -1.20. The van der Waals surface area contributed by atoms with Crippen LogP contribution in [0.25, 0.3) is 0 Å². The lowest BCUT2D eigenvalue weighted by Crippen LogP contribution is -2.57. The fourth-order valence-electron chi connectivity index (χ4n) is 1.80. The van der Waals surface area contributed by atoms with Gasteiger partial charge in [-0.1, -0.05) is 0 Å². The average Bonchev–Trinajstić information content (AvgIpc) is 2.70. The third-order valence-corrected chi connectivity index (χ3v) is 3.33. The Morgan fingerprint density at radius 2 is 1.00 bits per heavy atom. The molecule has 0 bridgehead atoms. The molecule has 0 atom stereocenters. The van der Waals surface area contributed by atoms with Gasteiger partial charge >= 0.3 is 36.2 Å². The van der Waals surface area contributed by atoms with E-state index in [0.29, 0.717) is 0 Å². The number of carbonyl (C=O) groups is 3. The second-order valence-corrected chi connectivity index (χ2v) is 6.28. The van der Waals surface area contributed by atoms with E-state index >= 15 is 0 Å². The second-order valence-electron chi connectivity index (χ2n) is 6.28. The van der Waals surface area contributed by atoms with Gasteiger partial charge in [-0.2, -0.15) is 35.1 Å². The molecular weight excluding hydrogens is 512 g/mol. The molecule has 0 saturated carbocycles. The number of nitrogens with two attached hydrogens (primary N) is 1. The van der Waals surface area contributed by atoms with Crippen LogP contribution in [-0.4, -0.2) is 94.8 Å². The molecule has 0 rings (SSSR count). The number of carbonyl (C=O) groups excluding carboxylic acids is 3. The van der Waals surface area contributed by atoms with Crippen molar-refractivity contribution >= 4 is 17.7 Å². The van der Waals surface area contributed by atoms with Gasteiger partial charge in [-0.3, -0.25) is 14.4 Å². The van der Waals surface area contributed by atoms with Crippen LogP contribution in [0.1, 0.15) is 6.92 Å². The van der Waals surface area contributed by atoms with Crippen LogP contribution < -0.4 is 21.7 Å². The van der Waals surface area contributed by atoms with Crippen molar-refractivity contribution in [2.45, 2.75) is 31.4 Å². The number of amides is 3. The van der Waals surface area contributed by atoms with Gasteiger partial charge in [0.2, 0.25) is 5.91 Å². The van der Waals surface area contributed by atoms with Gasteiger partial charge in [0.25, 0.3) is 0 Å². The van der Waals surface area contributed by atoms with Crippen LogP contribution in [0.3, 0.4) is 0 Å². The molecule has 0 fully saturated rings. The molecule has 19 heteroatoms. The maximum atomic E-state index is 13.5. The van der Waals surface area contributed by atoms with Crippen molar-refractivity contribution in [2.24, 2.45) is 5.73 Å². The van der Waals surface area contributed by atoms with Gasteiger partial charge in [-0.15, -0.1) is 0 Å². The molecule has 3 amide bonds. The van der Waals surface area contributed by atoms with Gasteiger partial charge in [-0.25, -0.2) is 9.47 Å². The van der Waals surface area contributed by atoms with E-state index in [9.17, 15) is 49.5 Å². The van der Waals surface area contributed by atoms with Crippen molar-refractivity contribution in [1.29, 1.82) is 0 Å². The number of hydrogen-bond donors (Lipinski definition) is 4. The summed E-state index contributed by atoms with van der Waals surface area (Å²) >= 11 is 0. The highest BCUT2D eigenvalue weighted by molar-refractivity contribution is 5.82. The number of hydrogen-bond acceptors (Lipinski definition) is 8. The first-order valence-electron chi connectivity index (χ1n) is 9.56. The van der Waals surface area contributed by atoms with Crippen LogP contribution in [0.2, 0.25) is 0 Å². The van der Waals surface area contributed by atoms with Crippen molar-refractivity contribution in [3.8, 4) is 0 Å². The minimum Gasteiger partial charge on any atom is -0.378 e. The largest absolute Gasteiger partial charge is 0.453 e. The highest BCUT2D eigenvalue weighted by Gasteiger charge is 2.69. The van der Waals surface area contributed by atoms with Crippen LogP contribution in [-0.2, 0) is 33.3 Å². The molecule has 0 aliphatic rings. The third kappa shape index (κ3) is 12.3. The Kier molecular flexibility index (Phi) is 13.3. The second kappa shape index (κ2) is 14.3. The first-order valence-corrected chi connectivity index (χ1v) is 9.56. The molecule has 0 saturated heterocycles. The Hall–Kier alpha value is -2.35. The summed E-state index contributed by atoms with van der Waals surface area (Å²) in [5, 5.41) is 4.95. The van der Waals surface area contributed by atoms with Gasteiger partial charge in [0.05, 0.1) is 26.4 Å². The third-order valence-electron chi connectivity index (χ3n) is 3.33. The van der Waals surface area contributed by atoms with Crippen LogP contribution in [0, 0.1) is 0 Å². The van der Waals surface area contributed by atoms with E-state index in [1.807, 2.05) is 0 Å². The predicted molar refractivity (Wildman–Crippen MR) is 97.4 cm³/mol. The standard InChI is InChI=1S/C16H24F8N4O7/c1-10(29)26-3-7-33-9-5-28-12(31)14(19,20)35-16(23,24)15(21,22)34-13(17,18)11(30)27-4-8-32-6-2-25/h2-9,25H2,1H3,(H,26,29)(H,27,30)(H,28,31). The molecule has 5 N–H and O–H groups in total. The topological polar surface area (TPSA) is 150 Å². The van der Waals surface area contributed by atoms with Crippen molar-refractivity contribution < 1.29 is 68.5 Å². The lowest BCUT2D eigenvalue weighted by Gasteiger charge is -2.30. The summed E-state index contributed by atoms with van der Waals surface area (Å²) in [7, 11) is 0. The molecule has 0 radical (unpaired) electrons. The van der Waals surface area contributed by atoms with Crippen LogP contribution in [0.5, 0.6) is 0 Å². The fraction of sp³-hybridized carbons (Fsp3) is 0.812. The van der Waals surface area contributed by atoms with Gasteiger partial charge in [0.15, 0.2) is 0 Å². The van der Waals surface area contributed by atoms with E-state index in [-0.39, 0.29) is 26.3 Å². The molecule has 0 aliphatic heterocycles. The summed E-state index contributed by atoms with van der Waals surface area (Å²) in [6.07, 6.45) is -24.3. The molecule has 0 aromatic carbocycles. The van der Waals surface area contributed by atoms with E-state index in [4.69, 9.17) is 10.5 Å². The lowest BCUT2D eigenvalue weighted by atomic mass is 10.4. The molecule has 206 valence electrons.